The highest BCUT2D eigenvalue weighted by Crippen LogP contribution is 2.16. The van der Waals surface area contributed by atoms with Crippen molar-refractivity contribution in [1.29, 1.82) is 0 Å². The third kappa shape index (κ3) is 2.59. The zero-order chi connectivity index (χ0) is 11.4. The van der Waals surface area contributed by atoms with Crippen LogP contribution >= 0.6 is 0 Å². The van der Waals surface area contributed by atoms with E-state index in [9.17, 15) is 4.79 Å². The Bertz CT molecular complexity index is 373. The van der Waals surface area contributed by atoms with Crippen molar-refractivity contribution in [3.05, 3.63) is 29.8 Å². The van der Waals surface area contributed by atoms with Gasteiger partial charge < -0.3 is 15.8 Å². The van der Waals surface area contributed by atoms with Crippen molar-refractivity contribution in [3.63, 3.8) is 0 Å². The summed E-state index contributed by atoms with van der Waals surface area (Å²) >= 11 is 0. The first-order valence-electron chi connectivity index (χ1n) is 5.51. The van der Waals surface area contributed by atoms with Crippen LogP contribution in [0.3, 0.4) is 0 Å². The Hall–Kier alpha value is -1.39. The van der Waals surface area contributed by atoms with Crippen LogP contribution in [-0.4, -0.2) is 18.6 Å². The summed E-state index contributed by atoms with van der Waals surface area (Å²) in [7, 11) is 0. The van der Waals surface area contributed by atoms with Gasteiger partial charge in [0.2, 0.25) is 0 Å². The summed E-state index contributed by atoms with van der Waals surface area (Å²) in [5.74, 6) is -0.0633. The van der Waals surface area contributed by atoms with Gasteiger partial charge in [0.1, 0.15) is 6.10 Å². The molecule has 1 aromatic carbocycles. The minimum Gasteiger partial charge on any atom is -0.368 e. The first-order chi connectivity index (χ1) is 7.79. The van der Waals surface area contributed by atoms with Crippen molar-refractivity contribution in [2.75, 3.05) is 11.9 Å². The number of carbonyl (C=O) groups excluding carboxylic acids is 1. The van der Waals surface area contributed by atoms with Gasteiger partial charge in [-0.1, -0.05) is 12.1 Å². The number of carbonyl (C=O) groups is 1. The number of hydrogen-bond acceptors (Lipinski definition) is 3. The van der Waals surface area contributed by atoms with E-state index in [2.05, 4.69) is 5.32 Å². The second-order valence-electron chi connectivity index (χ2n) is 3.90. The molecular weight excluding hydrogens is 204 g/mol. The summed E-state index contributed by atoms with van der Waals surface area (Å²) in [5, 5.41) is 2.84. The van der Waals surface area contributed by atoms with Gasteiger partial charge in [-0.2, -0.15) is 0 Å². The van der Waals surface area contributed by atoms with Crippen LogP contribution in [0, 0.1) is 0 Å². The zero-order valence-electron chi connectivity index (χ0n) is 9.11. The molecule has 3 N–H and O–H groups in total. The van der Waals surface area contributed by atoms with Crippen molar-refractivity contribution < 1.29 is 9.53 Å². The molecule has 1 amide bonds. The second kappa shape index (κ2) is 5.09. The van der Waals surface area contributed by atoms with Gasteiger partial charge in [0, 0.05) is 18.8 Å². The summed E-state index contributed by atoms with van der Waals surface area (Å²) in [6.45, 7) is 1.16. The first kappa shape index (κ1) is 11.1. The number of anilines is 1. The summed E-state index contributed by atoms with van der Waals surface area (Å²) < 4.78 is 5.31. The Balaban J connectivity index is 1.99. The van der Waals surface area contributed by atoms with Gasteiger partial charge in [0.25, 0.3) is 5.91 Å². The van der Waals surface area contributed by atoms with Crippen LogP contribution in [0.4, 0.5) is 5.69 Å². The molecule has 0 bridgehead atoms. The average Bonchev–Trinajstić information content (AvgIpc) is 2.83. The molecule has 0 aliphatic carbocycles. The molecule has 0 saturated carbocycles. The van der Waals surface area contributed by atoms with Crippen LogP contribution in [0.2, 0.25) is 0 Å². The van der Waals surface area contributed by atoms with Gasteiger partial charge in [-0.05, 0) is 30.5 Å². The van der Waals surface area contributed by atoms with Crippen LogP contribution in [0.5, 0.6) is 0 Å². The fraction of sp³-hybridized carbons (Fsp3) is 0.417. The number of benzene rings is 1. The molecule has 1 aliphatic heterocycles. The summed E-state index contributed by atoms with van der Waals surface area (Å²) in [6.07, 6.45) is 1.48. The molecule has 1 fully saturated rings. The average molecular weight is 220 g/mol. The van der Waals surface area contributed by atoms with E-state index >= 15 is 0 Å². The fourth-order valence-corrected chi connectivity index (χ4v) is 1.78. The molecule has 4 heteroatoms. The Kier molecular flexibility index (Phi) is 3.54. The zero-order valence-corrected chi connectivity index (χ0v) is 9.11. The van der Waals surface area contributed by atoms with Gasteiger partial charge in [0.05, 0.1) is 0 Å². The molecule has 1 aromatic rings. The van der Waals surface area contributed by atoms with Crippen LogP contribution in [0.15, 0.2) is 24.3 Å². The number of rotatable bonds is 3. The van der Waals surface area contributed by atoms with Crippen LogP contribution in [0.1, 0.15) is 18.4 Å². The predicted octanol–water partition coefficient (Wildman–Crippen LogP) is 1.26. The number of hydrogen-bond donors (Lipinski definition) is 2. The lowest BCUT2D eigenvalue weighted by Gasteiger charge is -2.10. The smallest absolute Gasteiger partial charge is 0.253 e. The van der Waals surface area contributed by atoms with E-state index in [1.54, 1.807) is 0 Å². The van der Waals surface area contributed by atoms with E-state index in [0.717, 1.165) is 24.1 Å². The van der Waals surface area contributed by atoms with E-state index in [4.69, 9.17) is 10.5 Å². The normalized spacial score (nSPS) is 19.7. The maximum Gasteiger partial charge on any atom is 0.253 e. The molecule has 0 aromatic heterocycles. The van der Waals surface area contributed by atoms with Crippen molar-refractivity contribution in [3.8, 4) is 0 Å². The van der Waals surface area contributed by atoms with Crippen molar-refractivity contribution in [1.82, 2.24) is 0 Å². The highest BCUT2D eigenvalue weighted by atomic mass is 16.5. The molecule has 1 atom stereocenters. The van der Waals surface area contributed by atoms with E-state index in [1.165, 1.54) is 0 Å². The Labute approximate surface area is 94.8 Å². The van der Waals surface area contributed by atoms with Crippen LogP contribution < -0.4 is 11.1 Å². The maximum absolute atomic E-state index is 11.7. The maximum atomic E-state index is 11.7. The molecular formula is C12H16N2O2. The summed E-state index contributed by atoms with van der Waals surface area (Å²) in [5.41, 5.74) is 7.32. The van der Waals surface area contributed by atoms with Gasteiger partial charge in [-0.25, -0.2) is 0 Å². The minimum absolute atomic E-state index is 0.0633. The largest absolute Gasteiger partial charge is 0.368 e. The lowest BCUT2D eigenvalue weighted by atomic mass is 10.2. The molecule has 16 heavy (non-hydrogen) atoms. The summed E-state index contributed by atoms with van der Waals surface area (Å²) in [6, 6.07) is 7.55. The van der Waals surface area contributed by atoms with Gasteiger partial charge in [-0.3, -0.25) is 4.79 Å². The third-order valence-corrected chi connectivity index (χ3v) is 2.65. The van der Waals surface area contributed by atoms with Crippen LogP contribution in [0.25, 0.3) is 0 Å². The molecule has 4 nitrogen and oxygen atoms in total. The minimum atomic E-state index is -0.290. The molecule has 1 heterocycles. The van der Waals surface area contributed by atoms with Crippen LogP contribution in [-0.2, 0) is 16.1 Å². The van der Waals surface area contributed by atoms with Gasteiger partial charge >= 0.3 is 0 Å². The van der Waals surface area contributed by atoms with Gasteiger partial charge in [0.15, 0.2) is 0 Å². The van der Waals surface area contributed by atoms with Crippen molar-refractivity contribution in [2.24, 2.45) is 5.73 Å². The molecule has 0 spiro atoms. The third-order valence-electron chi connectivity index (χ3n) is 2.65. The molecule has 1 aliphatic rings. The number of nitrogens with two attached hydrogens (primary N) is 1. The first-order valence-corrected chi connectivity index (χ1v) is 5.51. The highest BCUT2D eigenvalue weighted by Gasteiger charge is 2.23. The Morgan fingerprint density at radius 1 is 1.56 bits per heavy atom. The SMILES string of the molecule is NCc1cccc(NC(=O)[C@H]2CCCO2)c1. The number of ether oxygens (including phenoxy) is 1. The monoisotopic (exact) mass is 220 g/mol. The lowest BCUT2D eigenvalue weighted by molar-refractivity contribution is -0.124. The number of amides is 1. The molecule has 86 valence electrons. The van der Waals surface area contributed by atoms with E-state index < -0.39 is 0 Å². The Morgan fingerprint density at radius 2 is 2.44 bits per heavy atom. The van der Waals surface area contributed by atoms with E-state index in [0.29, 0.717) is 13.2 Å². The predicted molar refractivity (Wildman–Crippen MR) is 61.9 cm³/mol. The van der Waals surface area contributed by atoms with Crippen molar-refractivity contribution >= 4 is 11.6 Å². The van der Waals surface area contributed by atoms with E-state index in [1.807, 2.05) is 24.3 Å². The summed E-state index contributed by atoms with van der Waals surface area (Å²) in [4.78, 5) is 11.7. The van der Waals surface area contributed by atoms with E-state index in [-0.39, 0.29) is 12.0 Å². The molecule has 2 rings (SSSR count). The fourth-order valence-electron chi connectivity index (χ4n) is 1.78. The van der Waals surface area contributed by atoms with Gasteiger partial charge in [-0.15, -0.1) is 0 Å². The Morgan fingerprint density at radius 3 is 3.12 bits per heavy atom. The number of nitrogens with one attached hydrogen (secondary N) is 1. The topological polar surface area (TPSA) is 64.3 Å². The molecule has 0 radical (unpaired) electrons. The lowest BCUT2D eigenvalue weighted by Crippen LogP contribution is -2.26. The molecule has 0 unspecified atom stereocenters. The van der Waals surface area contributed by atoms with Crippen molar-refractivity contribution in [2.45, 2.75) is 25.5 Å². The second-order valence-corrected chi connectivity index (χ2v) is 3.90. The highest BCUT2D eigenvalue weighted by molar-refractivity contribution is 5.94. The standard InChI is InChI=1S/C12H16N2O2/c13-8-9-3-1-4-10(7-9)14-12(15)11-5-2-6-16-11/h1,3-4,7,11H,2,5-6,8,13H2,(H,14,15)/t11-/m1/s1. The quantitative estimate of drug-likeness (QED) is 0.806. The molecule has 1 saturated heterocycles.